The molecule has 144 valence electrons. The predicted octanol–water partition coefficient (Wildman–Crippen LogP) is 6.01. The Kier molecular flexibility index (Phi) is 8.32. The van der Waals surface area contributed by atoms with E-state index < -0.39 is 0 Å². The SMILES string of the molecule is C=C.CCCN1CCCC(c2ccc(Cc3cccc(C)c3)cc2)C1=NC. The van der Waals surface area contributed by atoms with Crippen molar-refractivity contribution in [3.63, 3.8) is 0 Å². The first kappa shape index (κ1) is 21.0. The number of hydrogen-bond donors (Lipinski definition) is 0. The van der Waals surface area contributed by atoms with Crippen molar-refractivity contribution >= 4 is 5.84 Å². The number of hydrogen-bond acceptors (Lipinski definition) is 1. The second kappa shape index (κ2) is 10.7. The Bertz CT molecular complexity index is 728. The van der Waals surface area contributed by atoms with Gasteiger partial charge in [0.1, 0.15) is 5.84 Å². The summed E-state index contributed by atoms with van der Waals surface area (Å²) in [6, 6.07) is 18.0. The van der Waals surface area contributed by atoms with E-state index in [4.69, 9.17) is 0 Å². The van der Waals surface area contributed by atoms with E-state index in [1.807, 2.05) is 7.05 Å². The number of aryl methyl sites for hydroxylation is 1. The van der Waals surface area contributed by atoms with Crippen LogP contribution in [-0.2, 0) is 6.42 Å². The average molecular weight is 363 g/mol. The van der Waals surface area contributed by atoms with Crippen molar-refractivity contribution in [1.82, 2.24) is 4.90 Å². The van der Waals surface area contributed by atoms with E-state index in [1.54, 1.807) is 0 Å². The van der Waals surface area contributed by atoms with Crippen molar-refractivity contribution in [3.05, 3.63) is 83.9 Å². The van der Waals surface area contributed by atoms with Crippen molar-refractivity contribution in [2.24, 2.45) is 4.99 Å². The summed E-state index contributed by atoms with van der Waals surface area (Å²) in [4.78, 5) is 7.13. The van der Waals surface area contributed by atoms with E-state index in [1.165, 1.54) is 47.4 Å². The Labute approximate surface area is 165 Å². The maximum Gasteiger partial charge on any atom is 0.106 e. The number of likely N-dealkylation sites (tertiary alicyclic amines) is 1. The Balaban J connectivity index is 0.00000126. The number of rotatable bonds is 5. The minimum absolute atomic E-state index is 0.457. The van der Waals surface area contributed by atoms with Crippen LogP contribution in [-0.4, -0.2) is 30.9 Å². The molecule has 2 aromatic carbocycles. The second-order valence-electron chi connectivity index (χ2n) is 7.17. The highest BCUT2D eigenvalue weighted by Gasteiger charge is 2.26. The third-order valence-corrected chi connectivity index (χ3v) is 5.15. The molecule has 1 aliphatic heterocycles. The summed E-state index contributed by atoms with van der Waals surface area (Å²) in [5.74, 6) is 1.73. The van der Waals surface area contributed by atoms with Crippen LogP contribution < -0.4 is 0 Å². The van der Waals surface area contributed by atoms with E-state index in [-0.39, 0.29) is 0 Å². The van der Waals surface area contributed by atoms with Crippen molar-refractivity contribution in [2.75, 3.05) is 20.1 Å². The summed E-state index contributed by atoms with van der Waals surface area (Å²) >= 11 is 0. The first-order chi connectivity index (χ1) is 13.2. The highest BCUT2D eigenvalue weighted by Crippen LogP contribution is 2.29. The molecule has 0 N–H and O–H groups in total. The van der Waals surface area contributed by atoms with E-state index in [2.05, 4.69) is 85.4 Å². The van der Waals surface area contributed by atoms with E-state index in [0.29, 0.717) is 5.92 Å². The molecule has 2 heteroatoms. The maximum atomic E-state index is 4.65. The minimum atomic E-state index is 0.457. The quantitative estimate of drug-likeness (QED) is 0.595. The van der Waals surface area contributed by atoms with Crippen molar-refractivity contribution < 1.29 is 0 Å². The van der Waals surface area contributed by atoms with Crippen LogP contribution in [0.3, 0.4) is 0 Å². The average Bonchev–Trinajstić information content (AvgIpc) is 2.70. The summed E-state index contributed by atoms with van der Waals surface area (Å²) in [6.07, 6.45) is 4.66. The lowest BCUT2D eigenvalue weighted by molar-refractivity contribution is 0.355. The van der Waals surface area contributed by atoms with Gasteiger partial charge in [-0.15, -0.1) is 13.2 Å². The molecule has 0 aliphatic carbocycles. The van der Waals surface area contributed by atoms with Crippen LogP contribution in [0.2, 0.25) is 0 Å². The molecule has 3 rings (SSSR count). The molecule has 1 unspecified atom stereocenters. The molecule has 1 atom stereocenters. The van der Waals surface area contributed by atoms with Crippen molar-refractivity contribution in [1.29, 1.82) is 0 Å². The zero-order valence-corrected chi connectivity index (χ0v) is 17.2. The minimum Gasteiger partial charge on any atom is -0.360 e. The van der Waals surface area contributed by atoms with Crippen LogP contribution >= 0.6 is 0 Å². The molecular weight excluding hydrogens is 328 g/mol. The van der Waals surface area contributed by atoms with Gasteiger partial charge >= 0.3 is 0 Å². The van der Waals surface area contributed by atoms with Crippen LogP contribution in [0.25, 0.3) is 0 Å². The van der Waals surface area contributed by atoms with Gasteiger partial charge in [-0.3, -0.25) is 4.99 Å². The molecule has 0 aromatic heterocycles. The summed E-state index contributed by atoms with van der Waals surface area (Å²) in [5, 5.41) is 0. The van der Waals surface area contributed by atoms with Gasteiger partial charge in [0.15, 0.2) is 0 Å². The van der Waals surface area contributed by atoms with E-state index >= 15 is 0 Å². The number of amidine groups is 1. The molecule has 27 heavy (non-hydrogen) atoms. The topological polar surface area (TPSA) is 15.6 Å². The monoisotopic (exact) mass is 362 g/mol. The van der Waals surface area contributed by atoms with Crippen LogP contribution in [0.4, 0.5) is 0 Å². The predicted molar refractivity (Wildman–Crippen MR) is 119 cm³/mol. The zero-order chi connectivity index (χ0) is 19.6. The van der Waals surface area contributed by atoms with Gasteiger partial charge in [-0.25, -0.2) is 0 Å². The molecule has 2 aromatic rings. The summed E-state index contributed by atoms with van der Waals surface area (Å²) in [7, 11) is 1.95. The first-order valence-electron chi connectivity index (χ1n) is 10.1. The van der Waals surface area contributed by atoms with Crippen LogP contribution in [0, 0.1) is 6.92 Å². The lowest BCUT2D eigenvalue weighted by Crippen LogP contribution is -2.40. The molecule has 1 heterocycles. The molecule has 1 aliphatic rings. The molecule has 1 fully saturated rings. The molecule has 0 radical (unpaired) electrons. The van der Waals surface area contributed by atoms with Gasteiger partial charge in [-0.2, -0.15) is 0 Å². The van der Waals surface area contributed by atoms with Gasteiger partial charge in [0.2, 0.25) is 0 Å². The van der Waals surface area contributed by atoms with Crippen molar-refractivity contribution in [2.45, 2.75) is 45.4 Å². The largest absolute Gasteiger partial charge is 0.360 e. The smallest absolute Gasteiger partial charge is 0.106 e. The summed E-state index contributed by atoms with van der Waals surface area (Å²) in [6.45, 7) is 12.7. The van der Waals surface area contributed by atoms with Gasteiger partial charge < -0.3 is 4.90 Å². The number of nitrogens with zero attached hydrogens (tertiary/aromatic N) is 2. The first-order valence-corrected chi connectivity index (χ1v) is 10.1. The standard InChI is InChI=1S/C23H30N2.C2H4/c1-4-14-25-15-6-9-22(23(25)24-3)21-12-10-19(11-13-21)17-20-8-5-7-18(2)16-20;1-2/h5,7-8,10-13,16,22H,4,6,9,14-15,17H2,1-3H3;1-2H2. The maximum absolute atomic E-state index is 4.65. The summed E-state index contributed by atoms with van der Waals surface area (Å²) < 4.78 is 0. The number of benzene rings is 2. The van der Waals surface area contributed by atoms with Crippen molar-refractivity contribution in [3.8, 4) is 0 Å². The van der Waals surface area contributed by atoms with Crippen LogP contribution in [0.15, 0.2) is 66.7 Å². The molecule has 1 saturated heterocycles. The van der Waals surface area contributed by atoms with Crippen LogP contribution in [0.1, 0.15) is 54.4 Å². The molecule has 0 spiro atoms. The molecule has 0 amide bonds. The van der Waals surface area contributed by atoms with Gasteiger partial charge in [0.25, 0.3) is 0 Å². The third kappa shape index (κ3) is 5.56. The van der Waals surface area contributed by atoms with Crippen LogP contribution in [0.5, 0.6) is 0 Å². The zero-order valence-electron chi connectivity index (χ0n) is 17.2. The Morgan fingerprint density at radius 3 is 2.44 bits per heavy atom. The fourth-order valence-electron chi connectivity index (χ4n) is 3.99. The Morgan fingerprint density at radius 1 is 1.07 bits per heavy atom. The third-order valence-electron chi connectivity index (χ3n) is 5.15. The fraction of sp³-hybridized carbons (Fsp3) is 0.400. The van der Waals surface area contributed by atoms with E-state index in [0.717, 1.165) is 19.5 Å². The summed E-state index contributed by atoms with van der Waals surface area (Å²) in [5.41, 5.74) is 5.51. The van der Waals surface area contributed by atoms with Gasteiger partial charge in [-0.05, 0) is 49.3 Å². The second-order valence-corrected chi connectivity index (χ2v) is 7.17. The normalized spacial score (nSPS) is 18.1. The lowest BCUT2D eigenvalue weighted by Gasteiger charge is -2.36. The molecule has 2 nitrogen and oxygen atoms in total. The number of piperidine rings is 1. The highest BCUT2D eigenvalue weighted by molar-refractivity contribution is 5.89. The molecule has 0 bridgehead atoms. The van der Waals surface area contributed by atoms with Gasteiger partial charge in [0.05, 0.1) is 0 Å². The molecular formula is C25H34N2. The highest BCUT2D eigenvalue weighted by atomic mass is 15.2. The lowest BCUT2D eigenvalue weighted by atomic mass is 9.88. The van der Waals surface area contributed by atoms with Gasteiger partial charge in [0, 0.05) is 26.1 Å². The fourth-order valence-corrected chi connectivity index (χ4v) is 3.99. The molecule has 0 saturated carbocycles. The number of aliphatic imine (C=N–C) groups is 1. The van der Waals surface area contributed by atoms with E-state index in [9.17, 15) is 0 Å². The Morgan fingerprint density at radius 2 is 1.81 bits per heavy atom. The van der Waals surface area contributed by atoms with Gasteiger partial charge in [-0.1, -0.05) is 61.0 Å². The Hall–Kier alpha value is -2.35.